The minimum Gasteiger partial charge on any atom is -0.480 e. The molecule has 1 aliphatic rings. The molecule has 1 amide bonds. The maximum absolute atomic E-state index is 13.7. The van der Waals surface area contributed by atoms with E-state index in [9.17, 15) is 24.3 Å². The normalized spacial score (nSPS) is 18.4. The van der Waals surface area contributed by atoms with E-state index in [1.807, 2.05) is 30.3 Å². The molecule has 0 bridgehead atoms. The third-order valence-electron chi connectivity index (χ3n) is 6.00. The fraction of sp³-hybridized carbons (Fsp3) is 0.407. The number of hydrogen-bond donors (Lipinski definition) is 2. The molecule has 3 atom stereocenters. The lowest BCUT2D eigenvalue weighted by Gasteiger charge is -2.34. The molecule has 3 unspecified atom stereocenters. The van der Waals surface area contributed by atoms with Crippen molar-refractivity contribution in [3.8, 4) is 0 Å². The molecule has 0 fully saturated rings. The molecular formula is C27H32N2O7. The van der Waals surface area contributed by atoms with E-state index in [4.69, 9.17) is 9.47 Å². The molecular weight excluding hydrogens is 464 g/mol. The number of benzene rings is 2. The standard InChI is InChI=1S/C27H32N2O7/c1-3-35-27(34)22(14-13-19-9-5-4-6-10-19)28-21-15-16-24(36-18(2)30)20-11-7-8-12-23(20)29(26(21)33)17-25(31)32/h4-12,21-22,24,28H,3,13-17H2,1-2H3,(H,31,32). The summed E-state index contributed by atoms with van der Waals surface area (Å²) in [5.74, 6) is -2.62. The average molecular weight is 497 g/mol. The Morgan fingerprint density at radius 3 is 2.44 bits per heavy atom. The number of carboxylic acid groups (broad SMARTS) is 1. The summed E-state index contributed by atoms with van der Waals surface area (Å²) in [5.41, 5.74) is 1.96. The zero-order valence-corrected chi connectivity index (χ0v) is 20.5. The number of fused-ring (bicyclic) bond motifs is 1. The molecule has 0 spiro atoms. The van der Waals surface area contributed by atoms with Crippen molar-refractivity contribution in [3.63, 3.8) is 0 Å². The number of carbonyl (C=O) groups excluding carboxylic acids is 3. The predicted octanol–water partition coefficient (Wildman–Crippen LogP) is 3.02. The van der Waals surface area contributed by atoms with Gasteiger partial charge in [-0.25, -0.2) is 0 Å². The number of ether oxygens (including phenoxy) is 2. The number of carboxylic acids is 1. The second kappa shape index (κ2) is 12.8. The van der Waals surface area contributed by atoms with E-state index >= 15 is 0 Å². The predicted molar refractivity (Wildman–Crippen MR) is 132 cm³/mol. The number of nitrogens with zero attached hydrogens (tertiary/aromatic N) is 1. The van der Waals surface area contributed by atoms with Crippen LogP contribution in [0.5, 0.6) is 0 Å². The van der Waals surface area contributed by atoms with Gasteiger partial charge in [-0.2, -0.15) is 0 Å². The van der Waals surface area contributed by atoms with Crippen molar-refractivity contribution in [2.24, 2.45) is 0 Å². The van der Waals surface area contributed by atoms with Gasteiger partial charge in [0.1, 0.15) is 18.7 Å². The maximum Gasteiger partial charge on any atom is 0.323 e. The fourth-order valence-corrected chi connectivity index (χ4v) is 4.40. The third kappa shape index (κ3) is 7.14. The number of esters is 2. The van der Waals surface area contributed by atoms with E-state index in [0.29, 0.717) is 30.5 Å². The Bertz CT molecular complexity index is 1070. The van der Waals surface area contributed by atoms with Crippen molar-refractivity contribution in [3.05, 3.63) is 65.7 Å². The first-order chi connectivity index (χ1) is 17.3. The Balaban J connectivity index is 1.92. The number of amides is 1. The Hall–Kier alpha value is -3.72. The Morgan fingerprint density at radius 1 is 1.08 bits per heavy atom. The van der Waals surface area contributed by atoms with Crippen LogP contribution in [0.25, 0.3) is 0 Å². The second-order valence-corrected chi connectivity index (χ2v) is 8.60. The fourth-order valence-electron chi connectivity index (χ4n) is 4.40. The third-order valence-corrected chi connectivity index (χ3v) is 6.00. The Labute approximate surface area is 210 Å². The summed E-state index contributed by atoms with van der Waals surface area (Å²) in [6.07, 6.45) is 0.834. The van der Waals surface area contributed by atoms with Crippen molar-refractivity contribution in [1.29, 1.82) is 0 Å². The van der Waals surface area contributed by atoms with Gasteiger partial charge in [0.05, 0.1) is 18.3 Å². The van der Waals surface area contributed by atoms with Crippen molar-refractivity contribution in [1.82, 2.24) is 5.32 Å². The van der Waals surface area contributed by atoms with E-state index < -0.39 is 48.5 Å². The summed E-state index contributed by atoms with van der Waals surface area (Å²) in [4.78, 5) is 51.1. The topological polar surface area (TPSA) is 122 Å². The maximum atomic E-state index is 13.7. The van der Waals surface area contributed by atoms with Gasteiger partial charge in [-0.15, -0.1) is 0 Å². The van der Waals surface area contributed by atoms with Crippen LogP contribution in [0.2, 0.25) is 0 Å². The zero-order valence-electron chi connectivity index (χ0n) is 20.5. The summed E-state index contributed by atoms with van der Waals surface area (Å²) in [5, 5.41) is 12.7. The molecule has 0 aromatic heterocycles. The minimum absolute atomic E-state index is 0.188. The number of aryl methyl sites for hydroxylation is 1. The largest absolute Gasteiger partial charge is 0.480 e. The van der Waals surface area contributed by atoms with Crippen LogP contribution < -0.4 is 10.2 Å². The first-order valence-electron chi connectivity index (χ1n) is 12.1. The zero-order chi connectivity index (χ0) is 26.1. The van der Waals surface area contributed by atoms with Crippen LogP contribution in [0.1, 0.15) is 50.3 Å². The highest BCUT2D eigenvalue weighted by atomic mass is 16.5. The van der Waals surface area contributed by atoms with E-state index in [-0.39, 0.29) is 13.0 Å². The number of hydrogen-bond acceptors (Lipinski definition) is 7. The summed E-state index contributed by atoms with van der Waals surface area (Å²) >= 11 is 0. The van der Waals surface area contributed by atoms with Crippen LogP contribution in [-0.4, -0.2) is 54.2 Å². The lowest BCUT2D eigenvalue weighted by Crippen LogP contribution is -2.54. The van der Waals surface area contributed by atoms with Gasteiger partial charge in [-0.05, 0) is 44.2 Å². The molecule has 9 nitrogen and oxygen atoms in total. The number of nitrogens with one attached hydrogen (secondary N) is 1. The van der Waals surface area contributed by atoms with Crippen LogP contribution in [0.15, 0.2) is 54.6 Å². The lowest BCUT2D eigenvalue weighted by molar-refractivity contribution is -0.147. The van der Waals surface area contributed by atoms with Crippen LogP contribution in [-0.2, 0) is 35.1 Å². The minimum atomic E-state index is -1.19. The molecule has 0 aliphatic carbocycles. The van der Waals surface area contributed by atoms with Gasteiger partial charge in [-0.1, -0.05) is 48.5 Å². The highest BCUT2D eigenvalue weighted by Crippen LogP contribution is 2.35. The van der Waals surface area contributed by atoms with Crippen LogP contribution in [0.3, 0.4) is 0 Å². The number of rotatable bonds is 10. The molecule has 36 heavy (non-hydrogen) atoms. The average Bonchev–Trinajstić information content (AvgIpc) is 2.85. The van der Waals surface area contributed by atoms with Crippen molar-refractivity contribution < 1.29 is 33.8 Å². The smallest absolute Gasteiger partial charge is 0.323 e. The van der Waals surface area contributed by atoms with E-state index in [0.717, 1.165) is 5.56 Å². The van der Waals surface area contributed by atoms with Crippen molar-refractivity contribution >= 4 is 29.5 Å². The number of para-hydroxylation sites is 1. The quantitative estimate of drug-likeness (QED) is 0.482. The molecule has 1 heterocycles. The van der Waals surface area contributed by atoms with E-state index in [1.54, 1.807) is 31.2 Å². The van der Waals surface area contributed by atoms with Crippen molar-refractivity contribution in [2.45, 2.75) is 57.7 Å². The second-order valence-electron chi connectivity index (χ2n) is 8.60. The molecule has 2 aromatic rings. The summed E-state index contributed by atoms with van der Waals surface area (Å²) < 4.78 is 10.8. The molecule has 1 aliphatic heterocycles. The highest BCUT2D eigenvalue weighted by molar-refractivity contribution is 6.01. The summed E-state index contributed by atoms with van der Waals surface area (Å²) in [6, 6.07) is 14.8. The van der Waals surface area contributed by atoms with Gasteiger partial charge >= 0.3 is 17.9 Å². The monoisotopic (exact) mass is 496 g/mol. The number of carbonyl (C=O) groups is 4. The molecule has 3 rings (SSSR count). The van der Waals surface area contributed by atoms with Gasteiger partial charge in [0, 0.05) is 12.5 Å². The molecule has 192 valence electrons. The van der Waals surface area contributed by atoms with E-state index in [1.165, 1.54) is 11.8 Å². The van der Waals surface area contributed by atoms with E-state index in [2.05, 4.69) is 5.32 Å². The van der Waals surface area contributed by atoms with Gasteiger partial charge in [0.15, 0.2) is 0 Å². The van der Waals surface area contributed by atoms with Crippen LogP contribution >= 0.6 is 0 Å². The molecule has 0 saturated carbocycles. The number of aliphatic carboxylic acids is 1. The first-order valence-corrected chi connectivity index (χ1v) is 12.1. The first kappa shape index (κ1) is 26.9. The summed E-state index contributed by atoms with van der Waals surface area (Å²) in [7, 11) is 0. The van der Waals surface area contributed by atoms with Gasteiger partial charge in [0.25, 0.3) is 0 Å². The Kier molecular flexibility index (Phi) is 9.58. The molecule has 9 heteroatoms. The Morgan fingerprint density at radius 2 is 1.78 bits per heavy atom. The SMILES string of the molecule is CCOC(=O)C(CCc1ccccc1)NC1CCC(OC(C)=O)c2ccccc2N(CC(=O)O)C1=O. The van der Waals surface area contributed by atoms with Crippen LogP contribution in [0.4, 0.5) is 5.69 Å². The van der Waals surface area contributed by atoms with Crippen molar-refractivity contribution in [2.75, 3.05) is 18.1 Å². The van der Waals surface area contributed by atoms with Gasteiger partial charge < -0.3 is 14.6 Å². The number of anilines is 1. The molecule has 0 saturated heterocycles. The molecule has 0 radical (unpaired) electrons. The highest BCUT2D eigenvalue weighted by Gasteiger charge is 2.36. The van der Waals surface area contributed by atoms with Gasteiger partial charge in [-0.3, -0.25) is 29.4 Å². The van der Waals surface area contributed by atoms with Crippen LogP contribution in [0, 0.1) is 0 Å². The molecule has 2 N–H and O–H groups in total. The lowest BCUT2D eigenvalue weighted by atomic mass is 9.94. The van der Waals surface area contributed by atoms with Gasteiger partial charge in [0.2, 0.25) is 5.91 Å². The molecule has 2 aromatic carbocycles. The summed E-state index contributed by atoms with van der Waals surface area (Å²) in [6.45, 7) is 2.63.